The molecule has 1 aliphatic carbocycles. The molecule has 2 amide bonds. The number of carbonyl (C=O) groups is 3. The number of hydrogen-bond donors (Lipinski definition) is 2. The Balaban J connectivity index is 1.85. The van der Waals surface area contributed by atoms with Gasteiger partial charge in [-0.1, -0.05) is 32.1 Å². The molecule has 2 fully saturated rings. The van der Waals surface area contributed by atoms with Gasteiger partial charge in [0.15, 0.2) is 0 Å². The molecule has 118 valence electrons. The number of aliphatic carboxylic acids is 1. The largest absolute Gasteiger partial charge is 0.480 e. The summed E-state index contributed by atoms with van der Waals surface area (Å²) in [5, 5.41) is 11.9. The highest BCUT2D eigenvalue weighted by molar-refractivity contribution is 5.85. The average molecular weight is 296 g/mol. The minimum atomic E-state index is -0.970. The lowest BCUT2D eigenvalue weighted by atomic mass is 9.85. The highest BCUT2D eigenvalue weighted by Gasteiger charge is 2.28. The molecule has 1 aliphatic heterocycles. The van der Waals surface area contributed by atoms with Crippen LogP contribution in [0.1, 0.15) is 51.4 Å². The molecule has 1 heterocycles. The maximum absolute atomic E-state index is 12.1. The second-order valence-corrected chi connectivity index (χ2v) is 6.11. The Labute approximate surface area is 124 Å². The zero-order valence-electron chi connectivity index (χ0n) is 12.3. The molecule has 6 heteroatoms. The van der Waals surface area contributed by atoms with Gasteiger partial charge in [-0.05, 0) is 12.3 Å². The van der Waals surface area contributed by atoms with Gasteiger partial charge in [-0.2, -0.15) is 0 Å². The first kappa shape index (κ1) is 15.8. The smallest absolute Gasteiger partial charge is 0.326 e. The molecule has 0 aromatic heterocycles. The predicted molar refractivity (Wildman–Crippen MR) is 77.0 cm³/mol. The lowest BCUT2D eigenvalue weighted by Gasteiger charge is -2.29. The molecule has 6 nitrogen and oxygen atoms in total. The quantitative estimate of drug-likeness (QED) is 0.828. The molecule has 0 unspecified atom stereocenters. The van der Waals surface area contributed by atoms with E-state index in [9.17, 15) is 19.5 Å². The third-order valence-corrected chi connectivity index (χ3v) is 4.50. The molecular formula is C15H24N2O4. The Morgan fingerprint density at radius 3 is 2.38 bits per heavy atom. The first-order valence-electron chi connectivity index (χ1n) is 7.86. The first-order chi connectivity index (χ1) is 10.1. The maximum atomic E-state index is 12.1. The van der Waals surface area contributed by atoms with Crippen LogP contribution in [-0.4, -0.2) is 46.9 Å². The van der Waals surface area contributed by atoms with E-state index in [1.807, 2.05) is 0 Å². The number of urea groups is 1. The summed E-state index contributed by atoms with van der Waals surface area (Å²) < 4.78 is 0. The van der Waals surface area contributed by atoms with Gasteiger partial charge < -0.3 is 15.3 Å². The monoisotopic (exact) mass is 296 g/mol. The summed E-state index contributed by atoms with van der Waals surface area (Å²) in [7, 11) is 0. The van der Waals surface area contributed by atoms with Crippen LogP contribution in [0.2, 0.25) is 0 Å². The van der Waals surface area contributed by atoms with E-state index in [4.69, 9.17) is 0 Å². The van der Waals surface area contributed by atoms with Crippen LogP contribution in [0.5, 0.6) is 0 Å². The summed E-state index contributed by atoms with van der Waals surface area (Å²) in [6, 6.07) is -1.18. The lowest BCUT2D eigenvalue weighted by molar-refractivity contribution is -0.139. The van der Waals surface area contributed by atoms with Crippen LogP contribution in [0, 0.1) is 5.92 Å². The third-order valence-electron chi connectivity index (χ3n) is 4.50. The van der Waals surface area contributed by atoms with Gasteiger partial charge in [-0.25, -0.2) is 9.59 Å². The van der Waals surface area contributed by atoms with Crippen molar-refractivity contribution in [3.8, 4) is 0 Å². The summed E-state index contributed by atoms with van der Waals surface area (Å²) in [6.07, 6.45) is 6.88. The second kappa shape index (κ2) is 7.43. The number of Topliss-reactive ketones (excluding diaryl/α,β-unsaturated/α-hetero) is 1. The molecule has 1 saturated carbocycles. The number of amides is 2. The molecular weight excluding hydrogens is 272 g/mol. The zero-order valence-corrected chi connectivity index (χ0v) is 12.3. The predicted octanol–water partition coefficient (Wildman–Crippen LogP) is 1.78. The number of nitrogens with zero attached hydrogens (tertiary/aromatic N) is 1. The van der Waals surface area contributed by atoms with Crippen molar-refractivity contribution in [2.75, 3.05) is 13.1 Å². The van der Waals surface area contributed by atoms with Crippen LogP contribution < -0.4 is 5.32 Å². The molecule has 1 atom stereocenters. The van der Waals surface area contributed by atoms with E-state index in [-0.39, 0.29) is 11.8 Å². The minimum Gasteiger partial charge on any atom is -0.480 e. The van der Waals surface area contributed by atoms with E-state index < -0.39 is 12.0 Å². The average Bonchev–Trinajstić information content (AvgIpc) is 2.48. The number of piperidine rings is 1. The molecule has 0 aromatic carbocycles. The van der Waals surface area contributed by atoms with E-state index >= 15 is 0 Å². The van der Waals surface area contributed by atoms with Gasteiger partial charge in [-0.15, -0.1) is 0 Å². The van der Waals surface area contributed by atoms with E-state index in [1.165, 1.54) is 11.3 Å². The summed E-state index contributed by atoms with van der Waals surface area (Å²) in [5.41, 5.74) is 0. The number of nitrogens with one attached hydrogen (secondary N) is 1. The van der Waals surface area contributed by atoms with Crippen LogP contribution in [0.15, 0.2) is 0 Å². The number of carboxylic acid groups (broad SMARTS) is 1. The normalized spacial score (nSPS) is 21.9. The van der Waals surface area contributed by atoms with Gasteiger partial charge in [0.1, 0.15) is 11.8 Å². The van der Waals surface area contributed by atoms with Gasteiger partial charge in [0, 0.05) is 25.9 Å². The molecule has 0 radical (unpaired) electrons. The molecule has 21 heavy (non-hydrogen) atoms. The van der Waals surface area contributed by atoms with Crippen molar-refractivity contribution in [2.45, 2.75) is 57.4 Å². The van der Waals surface area contributed by atoms with Crippen LogP contribution in [0.4, 0.5) is 4.79 Å². The van der Waals surface area contributed by atoms with E-state index in [0.717, 1.165) is 25.7 Å². The number of rotatable bonds is 4. The summed E-state index contributed by atoms with van der Waals surface area (Å²) in [5.74, 6) is -0.416. The molecule has 0 bridgehead atoms. The lowest BCUT2D eigenvalue weighted by Crippen LogP contribution is -2.50. The van der Waals surface area contributed by atoms with Gasteiger partial charge >= 0.3 is 12.0 Å². The minimum absolute atomic E-state index is 0.163. The molecule has 0 aromatic rings. The molecule has 2 aliphatic rings. The Morgan fingerprint density at radius 1 is 1.19 bits per heavy atom. The molecule has 2 rings (SSSR count). The first-order valence-corrected chi connectivity index (χ1v) is 7.86. The SMILES string of the molecule is O=C1CCN(C(=O)N[C@@H](CC2CCCCC2)C(=O)O)CC1. The summed E-state index contributed by atoms with van der Waals surface area (Å²) >= 11 is 0. The summed E-state index contributed by atoms with van der Waals surface area (Å²) in [4.78, 5) is 36.2. The summed E-state index contributed by atoms with van der Waals surface area (Å²) in [6.45, 7) is 0.779. The third kappa shape index (κ3) is 4.72. The Kier molecular flexibility index (Phi) is 5.59. The Morgan fingerprint density at radius 2 is 1.81 bits per heavy atom. The fraction of sp³-hybridized carbons (Fsp3) is 0.800. The topological polar surface area (TPSA) is 86.7 Å². The molecule has 0 spiro atoms. The Bertz CT molecular complexity index is 394. The van der Waals surface area contributed by atoms with Crippen LogP contribution in [-0.2, 0) is 9.59 Å². The van der Waals surface area contributed by atoms with Crippen molar-refractivity contribution < 1.29 is 19.5 Å². The number of likely N-dealkylation sites (tertiary alicyclic amines) is 1. The van der Waals surface area contributed by atoms with Crippen LogP contribution in [0.25, 0.3) is 0 Å². The van der Waals surface area contributed by atoms with Crippen molar-refractivity contribution in [3.05, 3.63) is 0 Å². The van der Waals surface area contributed by atoms with Crippen molar-refractivity contribution in [2.24, 2.45) is 5.92 Å². The number of carbonyl (C=O) groups excluding carboxylic acids is 2. The second-order valence-electron chi connectivity index (χ2n) is 6.11. The van der Waals surface area contributed by atoms with E-state index in [2.05, 4.69) is 5.32 Å². The highest BCUT2D eigenvalue weighted by Crippen LogP contribution is 2.27. The van der Waals surface area contributed by atoms with Gasteiger partial charge in [0.05, 0.1) is 0 Å². The van der Waals surface area contributed by atoms with Gasteiger partial charge in [-0.3, -0.25) is 4.79 Å². The number of carboxylic acids is 1. The van der Waals surface area contributed by atoms with Gasteiger partial charge in [0.25, 0.3) is 0 Å². The number of hydrogen-bond acceptors (Lipinski definition) is 3. The standard InChI is InChI=1S/C15H24N2O4/c18-12-6-8-17(9-7-12)15(21)16-13(14(19)20)10-11-4-2-1-3-5-11/h11,13H,1-10H2,(H,16,21)(H,19,20)/t13-/m0/s1. The number of ketones is 1. The van der Waals surface area contributed by atoms with E-state index in [1.54, 1.807) is 0 Å². The van der Waals surface area contributed by atoms with Crippen molar-refractivity contribution in [1.29, 1.82) is 0 Å². The molecule has 1 saturated heterocycles. The van der Waals surface area contributed by atoms with Crippen LogP contribution in [0.3, 0.4) is 0 Å². The van der Waals surface area contributed by atoms with Crippen LogP contribution >= 0.6 is 0 Å². The van der Waals surface area contributed by atoms with Crippen molar-refractivity contribution in [3.63, 3.8) is 0 Å². The van der Waals surface area contributed by atoms with Gasteiger partial charge in [0.2, 0.25) is 0 Å². The fourth-order valence-corrected chi connectivity index (χ4v) is 3.18. The maximum Gasteiger partial charge on any atom is 0.326 e. The van der Waals surface area contributed by atoms with Crippen molar-refractivity contribution >= 4 is 17.8 Å². The van der Waals surface area contributed by atoms with E-state index in [0.29, 0.717) is 38.3 Å². The van der Waals surface area contributed by atoms with Crippen molar-refractivity contribution in [1.82, 2.24) is 10.2 Å². The fourth-order valence-electron chi connectivity index (χ4n) is 3.18. The molecule has 2 N–H and O–H groups in total. The Hall–Kier alpha value is -1.59. The zero-order chi connectivity index (χ0) is 15.2. The highest BCUT2D eigenvalue weighted by atomic mass is 16.4.